The van der Waals surface area contributed by atoms with Crippen LogP contribution in [-0.2, 0) is 0 Å². The van der Waals surface area contributed by atoms with Gasteiger partial charge in [-0.1, -0.05) is 109 Å². The van der Waals surface area contributed by atoms with Crippen molar-refractivity contribution in [1.82, 2.24) is 20.2 Å². The van der Waals surface area contributed by atoms with Crippen molar-refractivity contribution < 1.29 is 0 Å². The molecular formula is C26H21N4P. The molecule has 0 saturated carbocycles. The Balaban J connectivity index is 1.88. The molecule has 0 fully saturated rings. The maximum atomic E-state index is 4.43. The normalized spacial score (nSPS) is 11.2. The van der Waals surface area contributed by atoms with E-state index in [1.165, 1.54) is 15.9 Å². The third kappa shape index (κ3) is 3.63. The van der Waals surface area contributed by atoms with E-state index in [9.17, 15) is 0 Å². The van der Waals surface area contributed by atoms with E-state index < -0.39 is 6.89 Å². The summed E-state index contributed by atoms with van der Waals surface area (Å²) in [6.45, 7) is -2.18. The van der Waals surface area contributed by atoms with Crippen molar-refractivity contribution in [1.29, 1.82) is 0 Å². The van der Waals surface area contributed by atoms with Gasteiger partial charge in [-0.15, -0.1) is 5.10 Å². The predicted molar refractivity (Wildman–Crippen MR) is 129 cm³/mol. The third-order valence-electron chi connectivity index (χ3n) is 5.29. The first-order chi connectivity index (χ1) is 15.4. The van der Waals surface area contributed by atoms with Gasteiger partial charge in [0.25, 0.3) is 0 Å². The standard InChI is InChI=1S/C26H21N4P/c1-5-13-22(14-6-1)30-26(27-28-29-30)21-31(23-15-7-2-8-16-23,24-17-9-3-10-18-24)25-19-11-4-12-20-25/h1-21H. The minimum Gasteiger partial charge on any atom is -0.193 e. The monoisotopic (exact) mass is 420 g/mol. The number of hydrogen-bond acceptors (Lipinski definition) is 3. The zero-order valence-electron chi connectivity index (χ0n) is 16.9. The van der Waals surface area contributed by atoms with Gasteiger partial charge in [-0.05, 0) is 51.2 Å². The van der Waals surface area contributed by atoms with E-state index in [0.29, 0.717) is 0 Å². The highest BCUT2D eigenvalue weighted by molar-refractivity contribution is 7.94. The Morgan fingerprint density at radius 2 is 0.968 bits per heavy atom. The molecule has 0 spiro atoms. The van der Waals surface area contributed by atoms with Crippen LogP contribution in [0.4, 0.5) is 0 Å². The summed E-state index contributed by atoms with van der Waals surface area (Å²) < 4.78 is 1.81. The van der Waals surface area contributed by atoms with Gasteiger partial charge in [-0.25, -0.2) is 0 Å². The molecule has 0 unspecified atom stereocenters. The van der Waals surface area contributed by atoms with Crippen LogP contribution in [0.25, 0.3) is 5.69 Å². The second kappa shape index (κ2) is 8.55. The summed E-state index contributed by atoms with van der Waals surface area (Å²) in [7, 11) is 0. The quantitative estimate of drug-likeness (QED) is 0.406. The van der Waals surface area contributed by atoms with E-state index >= 15 is 0 Å². The summed E-state index contributed by atoms with van der Waals surface area (Å²) in [5, 5.41) is 16.5. The SMILES string of the molecule is C(c1nnnn1-c1ccccc1)=P(c1ccccc1)(c1ccccc1)c1ccccc1. The van der Waals surface area contributed by atoms with E-state index in [1.807, 2.05) is 35.0 Å². The van der Waals surface area contributed by atoms with E-state index in [-0.39, 0.29) is 0 Å². The zero-order valence-corrected chi connectivity index (χ0v) is 17.8. The summed E-state index contributed by atoms with van der Waals surface area (Å²) in [5.74, 6) is 3.01. The van der Waals surface area contributed by atoms with Crippen molar-refractivity contribution in [2.75, 3.05) is 0 Å². The van der Waals surface area contributed by atoms with E-state index in [0.717, 1.165) is 11.5 Å². The van der Waals surface area contributed by atoms with Crippen LogP contribution in [0, 0.1) is 0 Å². The lowest BCUT2D eigenvalue weighted by molar-refractivity contribution is 0.788. The van der Waals surface area contributed by atoms with Crippen molar-refractivity contribution in [3.05, 3.63) is 127 Å². The van der Waals surface area contributed by atoms with Gasteiger partial charge in [0, 0.05) is 0 Å². The molecule has 1 aromatic heterocycles. The fraction of sp³-hybridized carbons (Fsp3) is 0. The van der Waals surface area contributed by atoms with Crippen LogP contribution < -0.4 is 15.9 Å². The van der Waals surface area contributed by atoms with Crippen molar-refractivity contribution in [3.8, 4) is 5.69 Å². The molecule has 0 N–H and O–H groups in total. The van der Waals surface area contributed by atoms with Crippen molar-refractivity contribution >= 4 is 28.6 Å². The van der Waals surface area contributed by atoms with Gasteiger partial charge >= 0.3 is 0 Å². The molecular weight excluding hydrogens is 399 g/mol. The lowest BCUT2D eigenvalue weighted by Crippen LogP contribution is -2.27. The molecule has 0 aliphatic carbocycles. The minimum absolute atomic E-state index is 0.732. The summed E-state index contributed by atoms with van der Waals surface area (Å²) in [5.41, 5.74) is 0.936. The molecule has 0 aliphatic heterocycles. The summed E-state index contributed by atoms with van der Waals surface area (Å²) in [6, 6.07) is 42.0. The van der Waals surface area contributed by atoms with Gasteiger partial charge in [0.15, 0.2) is 5.82 Å². The van der Waals surface area contributed by atoms with Gasteiger partial charge in [0.2, 0.25) is 0 Å². The molecule has 4 aromatic carbocycles. The number of hydrogen-bond donors (Lipinski definition) is 0. The third-order valence-corrected chi connectivity index (χ3v) is 9.25. The highest BCUT2D eigenvalue weighted by Crippen LogP contribution is 2.44. The number of rotatable bonds is 5. The van der Waals surface area contributed by atoms with Gasteiger partial charge in [0.05, 0.1) is 5.69 Å². The van der Waals surface area contributed by atoms with Gasteiger partial charge < -0.3 is 0 Å². The van der Waals surface area contributed by atoms with Gasteiger partial charge in [-0.2, -0.15) is 4.68 Å². The first-order valence-corrected chi connectivity index (χ1v) is 12.0. The molecule has 0 bridgehead atoms. The highest BCUT2D eigenvalue weighted by Gasteiger charge is 2.26. The van der Waals surface area contributed by atoms with Crippen LogP contribution in [0.3, 0.4) is 0 Å². The minimum atomic E-state index is -2.18. The Morgan fingerprint density at radius 1 is 0.548 bits per heavy atom. The van der Waals surface area contributed by atoms with Crippen molar-refractivity contribution in [2.24, 2.45) is 0 Å². The average Bonchev–Trinajstić information content (AvgIpc) is 3.33. The second-order valence-corrected chi connectivity index (χ2v) is 10.4. The predicted octanol–water partition coefficient (Wildman–Crippen LogP) is 3.81. The molecule has 5 rings (SSSR count). The fourth-order valence-corrected chi connectivity index (χ4v) is 7.64. The molecule has 0 saturated heterocycles. The van der Waals surface area contributed by atoms with E-state index in [1.54, 1.807) is 0 Å². The van der Waals surface area contributed by atoms with E-state index in [4.69, 9.17) is 0 Å². The maximum Gasteiger partial charge on any atom is 0.180 e. The summed E-state index contributed by atoms with van der Waals surface area (Å²) >= 11 is 0. The maximum absolute atomic E-state index is 4.43. The van der Waals surface area contributed by atoms with Crippen LogP contribution >= 0.6 is 6.89 Å². The highest BCUT2D eigenvalue weighted by atomic mass is 31.2. The Hall–Kier alpha value is -3.75. The Labute approximate surface area is 181 Å². The van der Waals surface area contributed by atoms with Crippen molar-refractivity contribution in [3.63, 3.8) is 0 Å². The number of para-hydroxylation sites is 1. The topological polar surface area (TPSA) is 43.6 Å². The molecule has 0 aliphatic rings. The van der Waals surface area contributed by atoms with Crippen LogP contribution in [0.2, 0.25) is 0 Å². The van der Waals surface area contributed by atoms with Crippen molar-refractivity contribution in [2.45, 2.75) is 0 Å². The fourth-order valence-electron chi connectivity index (χ4n) is 3.86. The molecule has 5 aromatic rings. The molecule has 0 atom stereocenters. The van der Waals surface area contributed by atoms with Gasteiger partial charge in [0.1, 0.15) is 0 Å². The van der Waals surface area contributed by atoms with Crippen LogP contribution in [-0.4, -0.2) is 26.0 Å². The molecule has 4 nitrogen and oxygen atoms in total. The number of benzene rings is 4. The largest absolute Gasteiger partial charge is 0.193 e. The molecule has 0 amide bonds. The number of nitrogens with zero attached hydrogens (tertiary/aromatic N) is 4. The van der Waals surface area contributed by atoms with E-state index in [2.05, 4.69) is 112 Å². The summed E-state index contributed by atoms with van der Waals surface area (Å²) in [4.78, 5) is 0. The van der Waals surface area contributed by atoms with Crippen LogP contribution in [0.1, 0.15) is 5.82 Å². The molecule has 0 radical (unpaired) electrons. The summed E-state index contributed by atoms with van der Waals surface area (Å²) in [6.07, 6.45) is 0. The molecule has 5 heteroatoms. The first kappa shape index (κ1) is 19.2. The Kier molecular flexibility index (Phi) is 5.30. The zero-order chi connectivity index (χ0) is 20.9. The smallest absolute Gasteiger partial charge is 0.180 e. The Bertz CT molecular complexity index is 1210. The first-order valence-electron chi connectivity index (χ1n) is 10.1. The van der Waals surface area contributed by atoms with Crippen LogP contribution in [0.15, 0.2) is 121 Å². The van der Waals surface area contributed by atoms with Crippen LogP contribution in [0.5, 0.6) is 0 Å². The Morgan fingerprint density at radius 3 is 1.42 bits per heavy atom. The number of tetrazole rings is 1. The molecule has 31 heavy (non-hydrogen) atoms. The second-order valence-electron chi connectivity index (χ2n) is 7.14. The molecule has 1 heterocycles. The lowest BCUT2D eigenvalue weighted by atomic mass is 10.3. The lowest BCUT2D eigenvalue weighted by Gasteiger charge is -2.28. The number of aromatic nitrogens is 4. The van der Waals surface area contributed by atoms with Gasteiger partial charge in [-0.3, -0.25) is 0 Å². The molecule has 150 valence electrons. The average molecular weight is 420 g/mol.